The number of likely N-dealkylation sites (tertiary alicyclic amines) is 1. The van der Waals surface area contributed by atoms with E-state index in [1.807, 2.05) is 38.4 Å². The minimum absolute atomic E-state index is 0.0203. The lowest BCUT2D eigenvalue weighted by Gasteiger charge is -2.38. The van der Waals surface area contributed by atoms with Gasteiger partial charge in [-0.15, -0.1) is 0 Å². The van der Waals surface area contributed by atoms with Crippen molar-refractivity contribution in [2.24, 2.45) is 0 Å². The van der Waals surface area contributed by atoms with Crippen LogP contribution in [0, 0.1) is 13.8 Å². The number of hydrogen-bond acceptors (Lipinski definition) is 6. The van der Waals surface area contributed by atoms with Gasteiger partial charge in [0.1, 0.15) is 0 Å². The number of piperidine rings is 1. The van der Waals surface area contributed by atoms with E-state index in [0.717, 1.165) is 43.6 Å². The Morgan fingerprint density at radius 1 is 1.18 bits per heavy atom. The van der Waals surface area contributed by atoms with E-state index >= 15 is 0 Å². The number of carbonyl (C=O) groups is 1. The van der Waals surface area contributed by atoms with E-state index in [9.17, 15) is 4.79 Å². The predicted molar refractivity (Wildman–Crippen MR) is 138 cm³/mol. The summed E-state index contributed by atoms with van der Waals surface area (Å²) in [4.78, 5) is 23.8. The summed E-state index contributed by atoms with van der Waals surface area (Å²) < 4.78 is 0. The largest absolute Gasteiger partial charge is 0.352 e. The molecule has 180 valence electrons. The van der Waals surface area contributed by atoms with Crippen molar-refractivity contribution in [3.8, 4) is 0 Å². The first-order chi connectivity index (χ1) is 16.5. The van der Waals surface area contributed by atoms with E-state index in [-0.39, 0.29) is 11.9 Å². The van der Waals surface area contributed by atoms with Crippen LogP contribution in [0.2, 0.25) is 0 Å². The monoisotopic (exact) mass is 477 g/mol. The number of carbonyl (C=O) groups excluding carboxylic acids is 1. The first kappa shape index (κ1) is 24.5. The molecule has 2 N–H and O–H groups in total. The van der Waals surface area contributed by atoms with E-state index in [2.05, 4.69) is 55.3 Å². The van der Waals surface area contributed by atoms with Crippen molar-refractivity contribution in [1.82, 2.24) is 25.5 Å². The van der Waals surface area contributed by atoms with Gasteiger partial charge in [-0.05, 0) is 98.8 Å². The molecule has 3 aromatic rings. The van der Waals surface area contributed by atoms with Gasteiger partial charge in [-0.1, -0.05) is 6.07 Å². The summed E-state index contributed by atoms with van der Waals surface area (Å²) in [6.45, 7) is 8.92. The molecule has 6 nitrogen and oxygen atoms in total. The maximum absolute atomic E-state index is 12.6. The number of pyridine rings is 2. The van der Waals surface area contributed by atoms with Crippen LogP contribution in [0.1, 0.15) is 65.0 Å². The predicted octanol–water partition coefficient (Wildman–Crippen LogP) is 4.51. The molecule has 7 heteroatoms. The summed E-state index contributed by atoms with van der Waals surface area (Å²) in [6, 6.07) is 9.35. The van der Waals surface area contributed by atoms with E-state index < -0.39 is 0 Å². The van der Waals surface area contributed by atoms with Crippen molar-refractivity contribution in [1.29, 1.82) is 0 Å². The van der Waals surface area contributed by atoms with Gasteiger partial charge in [0, 0.05) is 37.2 Å². The molecule has 0 aliphatic carbocycles. The van der Waals surface area contributed by atoms with Crippen LogP contribution in [-0.2, 0) is 0 Å². The Balaban J connectivity index is 1.25. The van der Waals surface area contributed by atoms with Gasteiger partial charge in [0.25, 0.3) is 5.91 Å². The Morgan fingerprint density at radius 2 is 2.00 bits per heavy atom. The smallest absolute Gasteiger partial charge is 0.253 e. The lowest BCUT2D eigenvalue weighted by Crippen LogP contribution is -2.47. The van der Waals surface area contributed by atoms with E-state index in [1.54, 1.807) is 17.5 Å². The van der Waals surface area contributed by atoms with Crippen LogP contribution in [0.5, 0.6) is 0 Å². The average Bonchev–Trinajstić information content (AvgIpc) is 3.38. The highest BCUT2D eigenvalue weighted by atomic mass is 32.1. The van der Waals surface area contributed by atoms with Gasteiger partial charge in [0.05, 0.1) is 17.3 Å². The number of amides is 1. The Bertz CT molecular complexity index is 1030. The molecule has 0 radical (unpaired) electrons. The molecule has 2 atom stereocenters. The minimum Gasteiger partial charge on any atom is -0.352 e. The van der Waals surface area contributed by atoms with Crippen LogP contribution in [0.4, 0.5) is 0 Å². The maximum atomic E-state index is 12.6. The van der Waals surface area contributed by atoms with Gasteiger partial charge in [-0.25, -0.2) is 0 Å². The lowest BCUT2D eigenvalue weighted by molar-refractivity contribution is 0.0942. The highest BCUT2D eigenvalue weighted by Gasteiger charge is 2.26. The summed E-state index contributed by atoms with van der Waals surface area (Å²) in [5, 5.41) is 11.4. The van der Waals surface area contributed by atoms with Crippen molar-refractivity contribution in [3.05, 3.63) is 81.6 Å². The zero-order chi connectivity index (χ0) is 23.9. The van der Waals surface area contributed by atoms with E-state index in [4.69, 9.17) is 0 Å². The van der Waals surface area contributed by atoms with Crippen LogP contribution in [-0.4, -0.2) is 52.5 Å². The number of rotatable bonds is 9. The van der Waals surface area contributed by atoms with Crippen LogP contribution in [0.15, 0.2) is 53.6 Å². The van der Waals surface area contributed by atoms with Gasteiger partial charge in [-0.2, -0.15) is 11.3 Å². The standard InChI is InChI=1S/C27H35N5OS/c1-19-6-12-29-21(3)25(19)27(33)30-13-7-20(2)32-14-8-24(9-15-32)31-26(23-10-16-34-18-23)22-5-4-11-28-17-22/h4-6,10-12,16-18,20,24,26,31H,7-9,13-15H2,1-3H3,(H,30,33). The molecule has 4 rings (SSSR count). The number of thiophene rings is 1. The van der Waals surface area contributed by atoms with Gasteiger partial charge >= 0.3 is 0 Å². The first-order valence-corrected chi connectivity index (χ1v) is 13.1. The van der Waals surface area contributed by atoms with E-state index in [1.165, 1.54) is 11.1 Å². The lowest BCUT2D eigenvalue weighted by atomic mass is 9.97. The third-order valence-electron chi connectivity index (χ3n) is 6.87. The van der Waals surface area contributed by atoms with Gasteiger partial charge in [-0.3, -0.25) is 14.8 Å². The summed E-state index contributed by atoms with van der Waals surface area (Å²) in [5.41, 5.74) is 4.98. The number of aromatic nitrogens is 2. The molecular weight excluding hydrogens is 442 g/mol. The molecule has 0 aromatic carbocycles. The number of nitrogens with one attached hydrogen (secondary N) is 2. The summed E-state index contributed by atoms with van der Waals surface area (Å²) >= 11 is 1.74. The molecule has 3 aromatic heterocycles. The van der Waals surface area contributed by atoms with Crippen LogP contribution < -0.4 is 10.6 Å². The molecule has 0 spiro atoms. The molecule has 1 amide bonds. The van der Waals surface area contributed by atoms with Crippen molar-refractivity contribution in [2.45, 2.75) is 58.2 Å². The zero-order valence-corrected chi connectivity index (χ0v) is 21.1. The molecule has 1 saturated heterocycles. The molecule has 0 saturated carbocycles. The maximum Gasteiger partial charge on any atom is 0.253 e. The second-order valence-corrected chi connectivity index (χ2v) is 10.0. The molecule has 0 bridgehead atoms. The third-order valence-corrected chi connectivity index (χ3v) is 7.57. The molecule has 1 fully saturated rings. The van der Waals surface area contributed by atoms with Gasteiger partial charge < -0.3 is 15.5 Å². The van der Waals surface area contributed by atoms with Crippen LogP contribution >= 0.6 is 11.3 Å². The second-order valence-electron chi connectivity index (χ2n) is 9.23. The van der Waals surface area contributed by atoms with Crippen LogP contribution in [0.25, 0.3) is 0 Å². The Labute approximate surface area is 206 Å². The van der Waals surface area contributed by atoms with Gasteiger partial charge in [0.15, 0.2) is 0 Å². The molecule has 1 aliphatic rings. The summed E-state index contributed by atoms with van der Waals surface area (Å²) in [5.74, 6) is -0.0203. The molecular formula is C27H35N5OS. The number of nitrogens with zero attached hydrogens (tertiary/aromatic N) is 3. The Hall–Kier alpha value is -2.61. The third kappa shape index (κ3) is 6.09. The number of aryl methyl sites for hydroxylation is 2. The second kappa shape index (κ2) is 11.7. The van der Waals surface area contributed by atoms with Crippen LogP contribution in [0.3, 0.4) is 0 Å². The molecule has 4 heterocycles. The Morgan fingerprint density at radius 3 is 2.68 bits per heavy atom. The molecule has 34 heavy (non-hydrogen) atoms. The molecule has 1 aliphatic heterocycles. The number of hydrogen-bond donors (Lipinski definition) is 2. The summed E-state index contributed by atoms with van der Waals surface area (Å²) in [7, 11) is 0. The highest BCUT2D eigenvalue weighted by molar-refractivity contribution is 7.08. The van der Waals surface area contributed by atoms with Crippen molar-refractivity contribution in [3.63, 3.8) is 0 Å². The summed E-state index contributed by atoms with van der Waals surface area (Å²) in [6.07, 6.45) is 8.72. The fourth-order valence-corrected chi connectivity index (χ4v) is 5.50. The van der Waals surface area contributed by atoms with Crippen molar-refractivity contribution >= 4 is 17.2 Å². The normalized spacial score (nSPS) is 16.8. The van der Waals surface area contributed by atoms with E-state index in [0.29, 0.717) is 24.2 Å². The zero-order valence-electron chi connectivity index (χ0n) is 20.3. The average molecular weight is 478 g/mol. The van der Waals surface area contributed by atoms with Crippen molar-refractivity contribution < 1.29 is 4.79 Å². The Kier molecular flexibility index (Phi) is 8.43. The first-order valence-electron chi connectivity index (χ1n) is 12.2. The fraction of sp³-hybridized carbons (Fsp3) is 0.444. The molecule has 2 unspecified atom stereocenters. The van der Waals surface area contributed by atoms with Gasteiger partial charge in [0.2, 0.25) is 0 Å². The fourth-order valence-electron chi connectivity index (χ4n) is 4.82. The topological polar surface area (TPSA) is 70.2 Å². The quantitative estimate of drug-likeness (QED) is 0.475. The highest BCUT2D eigenvalue weighted by Crippen LogP contribution is 2.26. The SMILES string of the molecule is Cc1ccnc(C)c1C(=O)NCCC(C)N1CCC(NC(c2cccnc2)c2ccsc2)CC1. The minimum atomic E-state index is -0.0203. The van der Waals surface area contributed by atoms with Crippen molar-refractivity contribution in [2.75, 3.05) is 19.6 Å².